The van der Waals surface area contributed by atoms with E-state index in [1.807, 2.05) is 12.1 Å². The Morgan fingerprint density at radius 1 is 1.00 bits per heavy atom. The molecule has 0 amide bonds. The molecule has 110 valence electrons. The Hall–Kier alpha value is -0.440. The van der Waals surface area contributed by atoms with Gasteiger partial charge in [-0.25, -0.2) is 0 Å². The zero-order valence-corrected chi connectivity index (χ0v) is 16.6. The van der Waals surface area contributed by atoms with Crippen LogP contribution >= 0.6 is 63.7 Å². The van der Waals surface area contributed by atoms with Gasteiger partial charge >= 0.3 is 0 Å². The molecule has 0 saturated carbocycles. The number of ether oxygens (including phenoxy) is 1. The van der Waals surface area contributed by atoms with Crippen molar-refractivity contribution in [1.82, 2.24) is 0 Å². The lowest BCUT2D eigenvalue weighted by Crippen LogP contribution is -1.99. The van der Waals surface area contributed by atoms with Crippen molar-refractivity contribution in [2.75, 3.05) is 0 Å². The van der Waals surface area contributed by atoms with E-state index in [4.69, 9.17) is 4.74 Å². The minimum atomic E-state index is -0.432. The van der Waals surface area contributed by atoms with Gasteiger partial charge in [-0.3, -0.25) is 10.1 Å². The molecule has 2 rings (SSSR count). The second kappa shape index (κ2) is 7.21. The summed E-state index contributed by atoms with van der Waals surface area (Å²) >= 11 is 13.4. The molecule has 0 atom stereocenters. The molecule has 0 aliphatic carbocycles. The van der Waals surface area contributed by atoms with Crippen molar-refractivity contribution in [1.29, 1.82) is 0 Å². The Kier molecular flexibility index (Phi) is 5.81. The summed E-state index contributed by atoms with van der Waals surface area (Å²) in [7, 11) is 0. The van der Waals surface area contributed by atoms with Crippen LogP contribution < -0.4 is 4.74 Å². The first-order valence-electron chi connectivity index (χ1n) is 5.58. The molecule has 0 aromatic heterocycles. The number of nitro groups is 1. The number of halogens is 4. The summed E-state index contributed by atoms with van der Waals surface area (Å²) in [6.07, 6.45) is 0. The Morgan fingerprint density at radius 3 is 2.19 bits per heavy atom. The minimum Gasteiger partial charge on any atom is -0.487 e. The van der Waals surface area contributed by atoms with Crippen LogP contribution in [0.4, 0.5) is 5.69 Å². The van der Waals surface area contributed by atoms with Gasteiger partial charge in [0, 0.05) is 10.5 Å². The third-order valence-electron chi connectivity index (χ3n) is 2.55. The van der Waals surface area contributed by atoms with Gasteiger partial charge in [-0.1, -0.05) is 22.0 Å². The lowest BCUT2D eigenvalue weighted by molar-refractivity contribution is -0.385. The quantitative estimate of drug-likeness (QED) is 0.339. The van der Waals surface area contributed by atoms with Gasteiger partial charge in [0.25, 0.3) is 5.69 Å². The standard InChI is InChI=1S/C13H7Br4NO3/c14-8-4-10(16)13(11(17)5-8)21-6-7-1-2-9(15)12(3-7)18(19)20/h1-5H,6H2. The van der Waals surface area contributed by atoms with Crippen LogP contribution in [-0.2, 0) is 6.61 Å². The fourth-order valence-corrected chi connectivity index (χ4v) is 4.49. The van der Waals surface area contributed by atoms with Crippen molar-refractivity contribution in [2.45, 2.75) is 6.61 Å². The average molecular weight is 545 g/mol. The molecule has 0 spiro atoms. The van der Waals surface area contributed by atoms with Crippen molar-refractivity contribution in [3.05, 3.63) is 63.9 Å². The molecular weight excluding hydrogens is 538 g/mol. The number of nitro benzene ring substituents is 1. The first-order chi connectivity index (χ1) is 9.88. The largest absolute Gasteiger partial charge is 0.487 e. The van der Waals surface area contributed by atoms with Crippen LogP contribution in [0.25, 0.3) is 0 Å². The van der Waals surface area contributed by atoms with E-state index < -0.39 is 4.92 Å². The molecule has 8 heteroatoms. The lowest BCUT2D eigenvalue weighted by Gasteiger charge is -2.11. The average Bonchev–Trinajstić information content (AvgIpc) is 2.38. The van der Waals surface area contributed by atoms with E-state index in [1.165, 1.54) is 6.07 Å². The molecule has 2 aromatic rings. The predicted octanol–water partition coefficient (Wildman–Crippen LogP) is 6.22. The summed E-state index contributed by atoms with van der Waals surface area (Å²) in [6.45, 7) is 0.229. The summed E-state index contributed by atoms with van der Waals surface area (Å²) in [6, 6.07) is 8.64. The number of hydrogen-bond donors (Lipinski definition) is 0. The highest BCUT2D eigenvalue weighted by atomic mass is 79.9. The highest BCUT2D eigenvalue weighted by Gasteiger charge is 2.14. The Bertz CT molecular complexity index is 683. The van der Waals surface area contributed by atoms with Crippen LogP contribution in [0.15, 0.2) is 48.2 Å². The van der Waals surface area contributed by atoms with Gasteiger partial charge in [0.2, 0.25) is 0 Å². The van der Waals surface area contributed by atoms with Crippen LogP contribution in [0.5, 0.6) is 5.75 Å². The van der Waals surface area contributed by atoms with Crippen LogP contribution in [0.2, 0.25) is 0 Å². The molecular formula is C13H7Br4NO3. The highest BCUT2D eigenvalue weighted by Crippen LogP contribution is 2.37. The second-order valence-electron chi connectivity index (χ2n) is 4.03. The van der Waals surface area contributed by atoms with Gasteiger partial charge in [-0.15, -0.1) is 0 Å². The number of benzene rings is 2. The van der Waals surface area contributed by atoms with Crippen LogP contribution in [0, 0.1) is 10.1 Å². The van der Waals surface area contributed by atoms with Gasteiger partial charge in [-0.05, 0) is 71.6 Å². The monoisotopic (exact) mass is 541 g/mol. The molecule has 0 fully saturated rings. The number of nitrogens with zero attached hydrogens (tertiary/aromatic N) is 1. The summed E-state index contributed by atoms with van der Waals surface area (Å²) in [4.78, 5) is 10.5. The highest BCUT2D eigenvalue weighted by molar-refractivity contribution is 9.11. The topological polar surface area (TPSA) is 52.4 Å². The zero-order chi connectivity index (χ0) is 15.6. The third kappa shape index (κ3) is 4.28. The Labute approximate surface area is 154 Å². The smallest absolute Gasteiger partial charge is 0.283 e. The van der Waals surface area contributed by atoms with Crippen molar-refractivity contribution in [3.8, 4) is 5.75 Å². The lowest BCUT2D eigenvalue weighted by atomic mass is 10.2. The third-order valence-corrected chi connectivity index (χ3v) is 4.86. The van der Waals surface area contributed by atoms with Crippen molar-refractivity contribution >= 4 is 69.4 Å². The first-order valence-corrected chi connectivity index (χ1v) is 8.76. The fourth-order valence-electron chi connectivity index (χ4n) is 1.61. The normalized spacial score (nSPS) is 10.5. The van der Waals surface area contributed by atoms with Crippen molar-refractivity contribution in [3.63, 3.8) is 0 Å². The molecule has 0 radical (unpaired) electrons. The van der Waals surface area contributed by atoms with Crippen molar-refractivity contribution in [2.24, 2.45) is 0 Å². The molecule has 0 N–H and O–H groups in total. The van der Waals surface area contributed by atoms with E-state index in [2.05, 4.69) is 63.7 Å². The van der Waals surface area contributed by atoms with E-state index in [9.17, 15) is 10.1 Å². The number of rotatable bonds is 4. The summed E-state index contributed by atoms with van der Waals surface area (Å²) in [5, 5.41) is 10.9. The van der Waals surface area contributed by atoms with Crippen LogP contribution in [0.1, 0.15) is 5.56 Å². The van der Waals surface area contributed by atoms with E-state index in [-0.39, 0.29) is 12.3 Å². The predicted molar refractivity (Wildman–Crippen MR) is 94.7 cm³/mol. The van der Waals surface area contributed by atoms with E-state index in [0.29, 0.717) is 15.8 Å². The second-order valence-corrected chi connectivity index (χ2v) is 7.51. The maximum Gasteiger partial charge on any atom is 0.283 e. The molecule has 21 heavy (non-hydrogen) atoms. The SMILES string of the molecule is O=[N+]([O-])c1cc(COc2c(Br)cc(Br)cc2Br)ccc1Br. The van der Waals surface area contributed by atoms with E-state index in [1.54, 1.807) is 12.1 Å². The van der Waals surface area contributed by atoms with Gasteiger partial charge in [0.15, 0.2) is 0 Å². The maximum atomic E-state index is 10.9. The zero-order valence-electron chi connectivity index (χ0n) is 10.3. The molecule has 0 saturated heterocycles. The molecule has 0 heterocycles. The molecule has 0 aliphatic heterocycles. The minimum absolute atomic E-state index is 0.0186. The molecule has 0 aliphatic rings. The van der Waals surface area contributed by atoms with Gasteiger partial charge in [0.05, 0.1) is 18.3 Å². The maximum absolute atomic E-state index is 10.9. The van der Waals surface area contributed by atoms with Gasteiger partial charge < -0.3 is 4.74 Å². The Morgan fingerprint density at radius 2 is 1.62 bits per heavy atom. The molecule has 0 unspecified atom stereocenters. The summed E-state index contributed by atoms with van der Waals surface area (Å²) < 4.78 is 8.66. The molecule has 0 bridgehead atoms. The van der Waals surface area contributed by atoms with Gasteiger partial charge in [0.1, 0.15) is 12.4 Å². The first kappa shape index (κ1) is 16.9. The van der Waals surface area contributed by atoms with E-state index >= 15 is 0 Å². The fraction of sp³-hybridized carbons (Fsp3) is 0.0769. The summed E-state index contributed by atoms with van der Waals surface area (Å²) in [5.74, 6) is 0.642. The van der Waals surface area contributed by atoms with Crippen LogP contribution in [0.3, 0.4) is 0 Å². The van der Waals surface area contributed by atoms with Crippen molar-refractivity contribution < 1.29 is 9.66 Å². The molecule has 2 aromatic carbocycles. The summed E-state index contributed by atoms with van der Waals surface area (Å²) in [5.41, 5.74) is 0.733. The van der Waals surface area contributed by atoms with Gasteiger partial charge in [-0.2, -0.15) is 0 Å². The molecule has 4 nitrogen and oxygen atoms in total. The number of hydrogen-bond acceptors (Lipinski definition) is 3. The Balaban J connectivity index is 2.21. The van der Waals surface area contributed by atoms with Crippen LogP contribution in [-0.4, -0.2) is 4.92 Å². The van der Waals surface area contributed by atoms with E-state index in [0.717, 1.165) is 13.4 Å².